The van der Waals surface area contributed by atoms with Crippen LogP contribution in [0.15, 0.2) is 0 Å². The van der Waals surface area contributed by atoms with Gasteiger partial charge in [0, 0.05) is 0 Å². The highest BCUT2D eigenvalue weighted by Gasteiger charge is 2.26. The van der Waals surface area contributed by atoms with Gasteiger partial charge in [-0.15, -0.1) is 0 Å². The zero-order valence-electron chi connectivity index (χ0n) is 5.69. The number of alkyl halides is 1. The smallest absolute Gasteiger partial charge is 0.203 e. The van der Waals surface area contributed by atoms with Crippen molar-refractivity contribution in [3.8, 4) is 0 Å². The third-order valence-corrected chi connectivity index (χ3v) is 1.01. The molecule has 0 aliphatic carbocycles. The summed E-state index contributed by atoms with van der Waals surface area (Å²) in [6.45, 7) is 3.87. The van der Waals surface area contributed by atoms with Gasteiger partial charge in [-0.2, -0.15) is 0 Å². The number of epoxide rings is 1. The summed E-state index contributed by atoms with van der Waals surface area (Å²) in [5.74, 6) is -1.51. The van der Waals surface area contributed by atoms with E-state index in [0.29, 0.717) is 6.61 Å². The summed E-state index contributed by atoms with van der Waals surface area (Å²) in [7, 11) is 0. The quantitative estimate of drug-likeness (QED) is 0.539. The molecule has 9 heavy (non-hydrogen) atoms. The second-order valence-corrected chi connectivity index (χ2v) is 2.63. The van der Waals surface area contributed by atoms with Crippen LogP contribution in [-0.2, 0) is 9.47 Å². The fourth-order valence-electron chi connectivity index (χ4n) is 0.455. The molecule has 0 aromatic carbocycles. The van der Waals surface area contributed by atoms with E-state index in [9.17, 15) is 4.39 Å². The number of ether oxygens (including phenoxy) is 2. The normalized spacial score (nSPS) is 26.3. The Labute approximate surface area is 54.0 Å². The van der Waals surface area contributed by atoms with Gasteiger partial charge in [0.05, 0.1) is 13.2 Å². The van der Waals surface area contributed by atoms with Crippen LogP contribution in [0.3, 0.4) is 0 Å². The monoisotopic (exact) mass is 134 g/mol. The average Bonchev–Trinajstić information content (AvgIpc) is 2.38. The van der Waals surface area contributed by atoms with Gasteiger partial charge in [0.1, 0.15) is 6.10 Å². The SMILES string of the molecule is CC(C)(F)OCC1CO1. The second-order valence-electron chi connectivity index (χ2n) is 2.63. The Morgan fingerprint density at radius 3 is 2.67 bits per heavy atom. The molecule has 0 amide bonds. The van der Waals surface area contributed by atoms with E-state index in [2.05, 4.69) is 0 Å². The first kappa shape index (κ1) is 6.96. The summed E-state index contributed by atoms with van der Waals surface area (Å²) in [6.07, 6.45) is 0.153. The molecule has 1 rings (SSSR count). The summed E-state index contributed by atoms with van der Waals surface area (Å²) in [5.41, 5.74) is 0. The van der Waals surface area contributed by atoms with Crippen LogP contribution in [0.4, 0.5) is 4.39 Å². The van der Waals surface area contributed by atoms with Crippen LogP contribution in [0.5, 0.6) is 0 Å². The zero-order chi connectivity index (χ0) is 6.91. The van der Waals surface area contributed by atoms with Crippen LogP contribution in [0, 0.1) is 0 Å². The number of hydrogen-bond acceptors (Lipinski definition) is 2. The summed E-state index contributed by atoms with van der Waals surface area (Å²) in [6, 6.07) is 0. The maximum absolute atomic E-state index is 12.5. The van der Waals surface area contributed by atoms with Crippen LogP contribution in [0.2, 0.25) is 0 Å². The van der Waals surface area contributed by atoms with Crippen molar-refractivity contribution >= 4 is 0 Å². The van der Waals surface area contributed by atoms with Crippen LogP contribution in [0.1, 0.15) is 13.8 Å². The van der Waals surface area contributed by atoms with E-state index in [4.69, 9.17) is 9.47 Å². The minimum atomic E-state index is -1.51. The molecule has 1 atom stereocenters. The Morgan fingerprint density at radius 1 is 1.78 bits per heavy atom. The average molecular weight is 134 g/mol. The Bertz CT molecular complexity index is 93.7. The zero-order valence-corrected chi connectivity index (χ0v) is 5.69. The largest absolute Gasteiger partial charge is 0.371 e. The topological polar surface area (TPSA) is 21.8 Å². The van der Waals surface area contributed by atoms with Crippen molar-refractivity contribution in [2.24, 2.45) is 0 Å². The molecule has 0 N–H and O–H groups in total. The van der Waals surface area contributed by atoms with Crippen molar-refractivity contribution in [2.75, 3.05) is 13.2 Å². The second kappa shape index (κ2) is 2.23. The molecular weight excluding hydrogens is 123 g/mol. The van der Waals surface area contributed by atoms with Crippen molar-refractivity contribution < 1.29 is 13.9 Å². The number of halogens is 1. The summed E-state index contributed by atoms with van der Waals surface area (Å²) in [5, 5.41) is 0. The van der Waals surface area contributed by atoms with Crippen molar-refractivity contribution in [3.05, 3.63) is 0 Å². The molecule has 2 nitrogen and oxygen atoms in total. The van der Waals surface area contributed by atoms with E-state index in [1.807, 2.05) is 0 Å². The molecule has 1 saturated heterocycles. The molecular formula is C6H11FO2. The summed E-state index contributed by atoms with van der Waals surface area (Å²) < 4.78 is 22.1. The molecule has 0 saturated carbocycles. The lowest BCUT2D eigenvalue weighted by atomic mass is 10.4. The summed E-state index contributed by atoms with van der Waals surface area (Å²) in [4.78, 5) is 0. The van der Waals surface area contributed by atoms with Crippen molar-refractivity contribution in [1.82, 2.24) is 0 Å². The molecule has 3 heteroatoms. The van der Waals surface area contributed by atoms with Gasteiger partial charge in [-0.3, -0.25) is 0 Å². The van der Waals surface area contributed by atoms with Crippen LogP contribution in [-0.4, -0.2) is 25.2 Å². The molecule has 1 aliphatic heterocycles. The highest BCUT2D eigenvalue weighted by molar-refractivity contribution is 4.68. The molecule has 1 unspecified atom stereocenters. The Kier molecular flexibility index (Phi) is 1.73. The predicted molar refractivity (Wildman–Crippen MR) is 30.9 cm³/mol. The fourth-order valence-corrected chi connectivity index (χ4v) is 0.455. The first-order valence-corrected chi connectivity index (χ1v) is 3.02. The standard InChI is InChI=1S/C6H11FO2/c1-6(2,7)9-4-5-3-8-5/h5H,3-4H2,1-2H3. The highest BCUT2D eigenvalue weighted by atomic mass is 19.2. The Balaban J connectivity index is 2.03. The van der Waals surface area contributed by atoms with E-state index in [1.165, 1.54) is 13.8 Å². The van der Waals surface area contributed by atoms with Crippen LogP contribution >= 0.6 is 0 Å². The molecule has 0 bridgehead atoms. The van der Waals surface area contributed by atoms with Gasteiger partial charge in [0.15, 0.2) is 0 Å². The van der Waals surface area contributed by atoms with Gasteiger partial charge in [-0.25, -0.2) is 4.39 Å². The molecule has 1 aliphatic rings. The van der Waals surface area contributed by atoms with Gasteiger partial charge < -0.3 is 9.47 Å². The van der Waals surface area contributed by atoms with Gasteiger partial charge >= 0.3 is 0 Å². The van der Waals surface area contributed by atoms with Gasteiger partial charge in [-0.05, 0) is 13.8 Å². The van der Waals surface area contributed by atoms with Gasteiger partial charge in [0.2, 0.25) is 5.85 Å². The maximum Gasteiger partial charge on any atom is 0.203 e. The van der Waals surface area contributed by atoms with E-state index in [0.717, 1.165) is 6.61 Å². The minimum Gasteiger partial charge on any atom is -0.371 e. The van der Waals surface area contributed by atoms with Crippen molar-refractivity contribution in [2.45, 2.75) is 25.8 Å². The molecule has 1 heterocycles. The maximum atomic E-state index is 12.5. The first-order valence-electron chi connectivity index (χ1n) is 3.02. The van der Waals surface area contributed by atoms with E-state index >= 15 is 0 Å². The lowest BCUT2D eigenvalue weighted by molar-refractivity contribution is -0.119. The molecule has 0 radical (unpaired) electrons. The number of hydrogen-bond donors (Lipinski definition) is 0. The third kappa shape index (κ3) is 3.43. The van der Waals surface area contributed by atoms with Crippen molar-refractivity contribution in [3.63, 3.8) is 0 Å². The molecule has 1 fully saturated rings. The van der Waals surface area contributed by atoms with Gasteiger partial charge in [-0.1, -0.05) is 0 Å². The lowest BCUT2D eigenvalue weighted by Crippen LogP contribution is -2.20. The fraction of sp³-hybridized carbons (Fsp3) is 1.00. The lowest BCUT2D eigenvalue weighted by Gasteiger charge is -2.13. The highest BCUT2D eigenvalue weighted by Crippen LogP contribution is 2.15. The Hall–Kier alpha value is -0.150. The first-order chi connectivity index (χ1) is 4.08. The molecule has 0 aromatic rings. The van der Waals surface area contributed by atoms with E-state index in [-0.39, 0.29) is 6.10 Å². The predicted octanol–water partition coefficient (Wildman–Crippen LogP) is 1.11. The van der Waals surface area contributed by atoms with Crippen LogP contribution < -0.4 is 0 Å². The molecule has 0 spiro atoms. The summed E-state index contributed by atoms with van der Waals surface area (Å²) >= 11 is 0. The molecule has 0 aromatic heterocycles. The van der Waals surface area contributed by atoms with E-state index in [1.54, 1.807) is 0 Å². The van der Waals surface area contributed by atoms with Crippen LogP contribution in [0.25, 0.3) is 0 Å². The third-order valence-electron chi connectivity index (χ3n) is 1.01. The van der Waals surface area contributed by atoms with E-state index < -0.39 is 5.85 Å². The van der Waals surface area contributed by atoms with Crippen molar-refractivity contribution in [1.29, 1.82) is 0 Å². The minimum absolute atomic E-state index is 0.153. The molecule has 54 valence electrons. The number of rotatable bonds is 3. The Morgan fingerprint density at radius 2 is 2.33 bits per heavy atom. The van der Waals surface area contributed by atoms with Gasteiger partial charge in [0.25, 0.3) is 0 Å².